The summed E-state index contributed by atoms with van der Waals surface area (Å²) in [7, 11) is 0. The highest BCUT2D eigenvalue weighted by molar-refractivity contribution is 7.99. The van der Waals surface area contributed by atoms with Crippen LogP contribution in [0.15, 0.2) is 53.0 Å². The molecule has 0 saturated carbocycles. The molecule has 0 fully saturated rings. The third kappa shape index (κ3) is 3.85. The van der Waals surface area contributed by atoms with Gasteiger partial charge in [0.2, 0.25) is 0 Å². The van der Waals surface area contributed by atoms with Crippen LogP contribution in [0.1, 0.15) is 13.8 Å². The minimum atomic E-state index is -0.254. The lowest BCUT2D eigenvalue weighted by Crippen LogP contribution is -2.13. The molecule has 0 aliphatic heterocycles. The molecule has 2 aromatic heterocycles. The van der Waals surface area contributed by atoms with Crippen molar-refractivity contribution in [1.82, 2.24) is 14.8 Å². The van der Waals surface area contributed by atoms with Gasteiger partial charge in [-0.2, -0.15) is 0 Å². The number of thioether (sulfide) groups is 1. The van der Waals surface area contributed by atoms with Gasteiger partial charge in [-0.25, -0.2) is 0 Å². The fraction of sp³-hybridized carbons (Fsp3) is 0.235. The number of carbonyl (C=O) groups excluding carboxylic acids is 1. The van der Waals surface area contributed by atoms with Crippen molar-refractivity contribution in [2.24, 2.45) is 0 Å². The Labute approximate surface area is 148 Å². The number of aromatic nitrogens is 3. The molecular formula is C17H17N3O2S2. The van der Waals surface area contributed by atoms with Crippen molar-refractivity contribution in [2.45, 2.75) is 25.1 Å². The summed E-state index contributed by atoms with van der Waals surface area (Å²) < 4.78 is 7.15. The molecule has 0 unspecified atom stereocenters. The SMILES string of the molecule is CC(C)OC(=O)CSc1nnc(-c2cccs2)n1-c1ccccc1. The van der Waals surface area contributed by atoms with Gasteiger partial charge in [0, 0.05) is 5.69 Å². The molecule has 0 N–H and O–H groups in total. The maximum absolute atomic E-state index is 11.8. The zero-order valence-corrected chi connectivity index (χ0v) is 15.0. The minimum Gasteiger partial charge on any atom is -0.462 e. The largest absolute Gasteiger partial charge is 0.462 e. The normalized spacial score (nSPS) is 11.0. The van der Waals surface area contributed by atoms with Gasteiger partial charge >= 0.3 is 5.97 Å². The van der Waals surface area contributed by atoms with Crippen LogP contribution in [0.2, 0.25) is 0 Å². The Morgan fingerprint density at radius 2 is 2.00 bits per heavy atom. The van der Waals surface area contributed by atoms with Gasteiger partial charge in [-0.3, -0.25) is 9.36 Å². The number of esters is 1. The molecule has 24 heavy (non-hydrogen) atoms. The zero-order valence-electron chi connectivity index (χ0n) is 13.4. The Morgan fingerprint density at radius 1 is 1.21 bits per heavy atom. The van der Waals surface area contributed by atoms with E-state index in [-0.39, 0.29) is 17.8 Å². The average molecular weight is 359 g/mol. The predicted octanol–water partition coefficient (Wildman–Crippen LogP) is 4.04. The van der Waals surface area contributed by atoms with E-state index in [4.69, 9.17) is 4.74 Å². The Hall–Kier alpha value is -2.12. The maximum atomic E-state index is 11.8. The van der Waals surface area contributed by atoms with Crippen molar-refractivity contribution in [3.8, 4) is 16.4 Å². The van der Waals surface area contributed by atoms with Crippen molar-refractivity contribution < 1.29 is 9.53 Å². The Bertz CT molecular complexity index is 799. The molecule has 0 bridgehead atoms. The number of hydrogen-bond donors (Lipinski definition) is 0. The number of nitrogens with zero attached hydrogens (tertiary/aromatic N) is 3. The van der Waals surface area contributed by atoms with Gasteiger partial charge in [-0.15, -0.1) is 21.5 Å². The third-order valence-electron chi connectivity index (χ3n) is 3.08. The molecule has 0 spiro atoms. The van der Waals surface area contributed by atoms with Crippen molar-refractivity contribution in [2.75, 3.05) is 5.75 Å². The molecule has 124 valence electrons. The summed E-state index contributed by atoms with van der Waals surface area (Å²) in [4.78, 5) is 12.8. The standard InChI is InChI=1S/C17H17N3O2S2/c1-12(2)22-15(21)11-24-17-19-18-16(14-9-6-10-23-14)20(17)13-7-4-3-5-8-13/h3-10,12H,11H2,1-2H3. The monoisotopic (exact) mass is 359 g/mol. The highest BCUT2D eigenvalue weighted by atomic mass is 32.2. The quantitative estimate of drug-likeness (QED) is 0.491. The highest BCUT2D eigenvalue weighted by Crippen LogP contribution is 2.30. The van der Waals surface area contributed by atoms with E-state index in [1.165, 1.54) is 11.8 Å². The van der Waals surface area contributed by atoms with E-state index in [0.717, 1.165) is 16.4 Å². The molecular weight excluding hydrogens is 342 g/mol. The fourth-order valence-electron chi connectivity index (χ4n) is 2.16. The number of ether oxygens (including phenoxy) is 1. The Morgan fingerprint density at radius 3 is 2.67 bits per heavy atom. The van der Waals surface area contributed by atoms with Crippen molar-refractivity contribution in [3.05, 3.63) is 47.8 Å². The van der Waals surface area contributed by atoms with Gasteiger partial charge in [0.15, 0.2) is 11.0 Å². The second kappa shape index (κ2) is 7.63. The lowest BCUT2D eigenvalue weighted by molar-refractivity contribution is -0.144. The van der Waals surface area contributed by atoms with Crippen LogP contribution in [-0.4, -0.2) is 32.6 Å². The van der Waals surface area contributed by atoms with Crippen LogP contribution in [0.4, 0.5) is 0 Å². The van der Waals surface area contributed by atoms with E-state index < -0.39 is 0 Å². The van der Waals surface area contributed by atoms with Crippen LogP contribution in [0.5, 0.6) is 0 Å². The van der Waals surface area contributed by atoms with E-state index in [0.29, 0.717) is 5.16 Å². The lowest BCUT2D eigenvalue weighted by atomic mass is 10.3. The van der Waals surface area contributed by atoms with Crippen LogP contribution in [0, 0.1) is 0 Å². The van der Waals surface area contributed by atoms with Crippen LogP contribution >= 0.6 is 23.1 Å². The van der Waals surface area contributed by atoms with E-state index in [1.54, 1.807) is 11.3 Å². The summed E-state index contributed by atoms with van der Waals surface area (Å²) in [6.07, 6.45) is -0.119. The molecule has 3 aromatic rings. The molecule has 0 amide bonds. The molecule has 0 aliphatic carbocycles. The topological polar surface area (TPSA) is 57.0 Å². The summed E-state index contributed by atoms with van der Waals surface area (Å²) in [5.74, 6) is 0.722. The van der Waals surface area contributed by atoms with Gasteiger partial charge in [0.25, 0.3) is 0 Å². The predicted molar refractivity (Wildman–Crippen MR) is 96.6 cm³/mol. The summed E-state index contributed by atoms with van der Waals surface area (Å²) >= 11 is 2.94. The molecule has 2 heterocycles. The number of rotatable bonds is 6. The molecule has 0 atom stereocenters. The third-order valence-corrected chi connectivity index (χ3v) is 4.84. The molecule has 1 aromatic carbocycles. The number of carbonyl (C=O) groups is 1. The number of thiophene rings is 1. The Balaban J connectivity index is 1.91. The molecule has 0 aliphatic rings. The first-order valence-electron chi connectivity index (χ1n) is 7.52. The maximum Gasteiger partial charge on any atom is 0.316 e. The molecule has 5 nitrogen and oxygen atoms in total. The summed E-state index contributed by atoms with van der Waals surface area (Å²) in [5.41, 5.74) is 0.964. The summed E-state index contributed by atoms with van der Waals surface area (Å²) in [6, 6.07) is 13.9. The van der Waals surface area contributed by atoms with Crippen LogP contribution < -0.4 is 0 Å². The summed E-state index contributed by atoms with van der Waals surface area (Å²) in [6.45, 7) is 3.67. The van der Waals surface area contributed by atoms with E-state index in [2.05, 4.69) is 10.2 Å². The molecule has 3 rings (SSSR count). The lowest BCUT2D eigenvalue weighted by Gasteiger charge is -2.10. The van der Waals surface area contributed by atoms with Crippen LogP contribution in [0.25, 0.3) is 16.4 Å². The van der Waals surface area contributed by atoms with Crippen molar-refractivity contribution in [3.63, 3.8) is 0 Å². The van der Waals surface area contributed by atoms with Gasteiger partial charge < -0.3 is 4.74 Å². The van der Waals surface area contributed by atoms with Crippen LogP contribution in [-0.2, 0) is 9.53 Å². The van der Waals surface area contributed by atoms with E-state index in [9.17, 15) is 4.79 Å². The summed E-state index contributed by atoms with van der Waals surface area (Å²) in [5, 5.41) is 11.3. The Kier molecular flexibility index (Phi) is 5.32. The van der Waals surface area contributed by atoms with Gasteiger partial charge in [0.1, 0.15) is 0 Å². The number of benzene rings is 1. The zero-order chi connectivity index (χ0) is 16.9. The van der Waals surface area contributed by atoms with Gasteiger partial charge in [-0.05, 0) is 37.4 Å². The van der Waals surface area contributed by atoms with Gasteiger partial charge in [0.05, 0.1) is 16.7 Å². The fourth-order valence-corrected chi connectivity index (χ4v) is 3.59. The first-order chi connectivity index (χ1) is 11.6. The second-order valence-corrected chi connectivity index (χ2v) is 7.17. The second-order valence-electron chi connectivity index (χ2n) is 5.28. The first-order valence-corrected chi connectivity index (χ1v) is 9.38. The average Bonchev–Trinajstić information content (AvgIpc) is 3.22. The van der Waals surface area contributed by atoms with Crippen LogP contribution in [0.3, 0.4) is 0 Å². The van der Waals surface area contributed by atoms with Crippen molar-refractivity contribution in [1.29, 1.82) is 0 Å². The first kappa shape index (κ1) is 16.7. The molecule has 7 heteroatoms. The highest BCUT2D eigenvalue weighted by Gasteiger charge is 2.18. The van der Waals surface area contributed by atoms with E-state index in [1.807, 2.05) is 66.3 Å². The smallest absolute Gasteiger partial charge is 0.316 e. The molecule has 0 saturated heterocycles. The van der Waals surface area contributed by atoms with E-state index >= 15 is 0 Å². The van der Waals surface area contributed by atoms with Crippen molar-refractivity contribution >= 4 is 29.1 Å². The minimum absolute atomic E-state index is 0.119. The number of para-hydroxylation sites is 1. The van der Waals surface area contributed by atoms with Gasteiger partial charge in [-0.1, -0.05) is 36.0 Å². The number of hydrogen-bond acceptors (Lipinski definition) is 6. The molecule has 0 radical (unpaired) electrons.